The number of amides is 4. The predicted molar refractivity (Wildman–Crippen MR) is 119 cm³/mol. The van der Waals surface area contributed by atoms with Crippen LogP contribution in [0.5, 0.6) is 0 Å². The lowest BCUT2D eigenvalue weighted by Crippen LogP contribution is -2.58. The van der Waals surface area contributed by atoms with E-state index in [0.29, 0.717) is 23.0 Å². The van der Waals surface area contributed by atoms with Gasteiger partial charge < -0.3 is 10.2 Å². The van der Waals surface area contributed by atoms with Crippen molar-refractivity contribution in [2.45, 2.75) is 24.9 Å². The summed E-state index contributed by atoms with van der Waals surface area (Å²) >= 11 is 6.00. The number of urea groups is 1. The normalized spacial score (nSPS) is 25.6. The number of carbonyl (C=O) groups excluding carboxylic acids is 3. The van der Waals surface area contributed by atoms with Gasteiger partial charge in [-0.1, -0.05) is 35.0 Å². The highest BCUT2D eigenvalue weighted by atomic mass is 35.5. The van der Waals surface area contributed by atoms with Crippen molar-refractivity contribution >= 4 is 46.7 Å². The highest BCUT2D eigenvalue weighted by Crippen LogP contribution is 2.38. The van der Waals surface area contributed by atoms with Gasteiger partial charge in [0.25, 0.3) is 11.8 Å². The van der Waals surface area contributed by atoms with Crippen LogP contribution in [-0.2, 0) is 20.6 Å². The zero-order valence-electron chi connectivity index (χ0n) is 18.6. The first-order chi connectivity index (χ1) is 16.9. The van der Waals surface area contributed by atoms with Crippen LogP contribution < -0.4 is 20.8 Å². The highest BCUT2D eigenvalue weighted by molar-refractivity contribution is 6.33. The summed E-state index contributed by atoms with van der Waals surface area (Å²) in [5.74, 6) is -3.07. The number of benzene rings is 1. The maximum Gasteiger partial charge on any atom is 0.417 e. The molecule has 36 heavy (non-hydrogen) atoms. The molecule has 0 radical (unpaired) electrons. The Morgan fingerprint density at radius 2 is 1.86 bits per heavy atom. The average Bonchev–Trinajstić information content (AvgIpc) is 3.47. The molecule has 4 heterocycles. The van der Waals surface area contributed by atoms with Crippen molar-refractivity contribution in [2.75, 3.05) is 17.1 Å². The molecule has 2 fully saturated rings. The van der Waals surface area contributed by atoms with E-state index in [-0.39, 0.29) is 11.5 Å². The minimum absolute atomic E-state index is 0.0417. The van der Waals surface area contributed by atoms with Crippen molar-refractivity contribution in [3.63, 3.8) is 0 Å². The Kier molecular flexibility index (Phi) is 5.33. The summed E-state index contributed by atoms with van der Waals surface area (Å²) in [5, 5.41) is 9.06. The minimum atomic E-state index is -4.68. The van der Waals surface area contributed by atoms with E-state index in [2.05, 4.69) is 20.9 Å². The average molecular weight is 524 g/mol. The molecule has 5 rings (SSSR count). The Labute approximate surface area is 206 Å². The Balaban J connectivity index is 1.41. The summed E-state index contributed by atoms with van der Waals surface area (Å²) in [7, 11) is 1.25. The third-order valence-corrected chi connectivity index (χ3v) is 6.24. The van der Waals surface area contributed by atoms with E-state index in [1.54, 1.807) is 37.3 Å². The third kappa shape index (κ3) is 3.60. The number of oxime groups is 1. The van der Waals surface area contributed by atoms with E-state index in [4.69, 9.17) is 16.4 Å². The zero-order chi connectivity index (χ0) is 26.0. The number of halogens is 4. The number of nitrogens with zero attached hydrogens (tertiary/aromatic N) is 5. The van der Waals surface area contributed by atoms with Crippen molar-refractivity contribution < 1.29 is 32.4 Å². The number of hydrogen-bond acceptors (Lipinski definition) is 8. The minimum Gasteiger partial charge on any atom is -0.381 e. The van der Waals surface area contributed by atoms with E-state index < -0.39 is 52.3 Å². The van der Waals surface area contributed by atoms with E-state index in [1.165, 1.54) is 12.1 Å². The molecule has 0 spiro atoms. The van der Waals surface area contributed by atoms with Crippen molar-refractivity contribution in [3.8, 4) is 0 Å². The molecule has 4 amide bonds. The van der Waals surface area contributed by atoms with Gasteiger partial charge in [-0.15, -0.1) is 0 Å². The van der Waals surface area contributed by atoms with Gasteiger partial charge >= 0.3 is 12.2 Å². The summed E-state index contributed by atoms with van der Waals surface area (Å²) < 4.78 is 38.9. The van der Waals surface area contributed by atoms with E-state index >= 15 is 0 Å². The Hall–Kier alpha value is -3.91. The number of fused-ring (bicyclic) bond motifs is 1. The van der Waals surface area contributed by atoms with Crippen molar-refractivity contribution in [3.05, 3.63) is 53.2 Å². The molecule has 1 aromatic heterocycles. The maximum atomic E-state index is 13.4. The van der Waals surface area contributed by atoms with E-state index in [9.17, 15) is 27.6 Å². The molecule has 11 nitrogen and oxygen atoms in total. The fraction of sp³-hybridized carbons (Fsp3) is 0.286. The second-order valence-electron chi connectivity index (χ2n) is 8.36. The molecule has 3 atom stereocenters. The number of aromatic nitrogens is 1. The first-order valence-corrected chi connectivity index (χ1v) is 10.8. The van der Waals surface area contributed by atoms with Gasteiger partial charge in [0.15, 0.2) is 11.5 Å². The number of hydrogen-bond donors (Lipinski definition) is 2. The molecule has 0 unspecified atom stereocenters. The third-order valence-electron chi connectivity index (χ3n) is 5.97. The summed E-state index contributed by atoms with van der Waals surface area (Å²) in [6.45, 7) is 1.55. The molecule has 15 heteroatoms. The lowest BCUT2D eigenvalue weighted by atomic mass is 9.91. The number of anilines is 2. The molecule has 0 saturated carbocycles. The number of hydrazine groups is 2. The quantitative estimate of drug-likeness (QED) is 0.590. The SMILES string of the molecule is CN(c1ncc(C(F)(F)F)cc1Cl)N1C(=O)[C@H]2C([C@]3(C)NC(=O)N(c4ccccc4)N3)=NO[C@H]2C1=O. The summed E-state index contributed by atoms with van der Waals surface area (Å²) in [4.78, 5) is 48.1. The van der Waals surface area contributed by atoms with Crippen molar-refractivity contribution in [2.24, 2.45) is 11.1 Å². The highest BCUT2D eigenvalue weighted by Gasteiger charge is 2.62. The van der Waals surface area contributed by atoms with Crippen LogP contribution in [0.15, 0.2) is 47.8 Å². The number of para-hydroxylation sites is 1. The van der Waals surface area contributed by atoms with Crippen LogP contribution in [0.25, 0.3) is 0 Å². The Bertz CT molecular complexity index is 1310. The van der Waals surface area contributed by atoms with Gasteiger partial charge in [0.2, 0.25) is 6.10 Å². The summed E-state index contributed by atoms with van der Waals surface area (Å²) in [6, 6.07) is 8.75. The predicted octanol–water partition coefficient (Wildman–Crippen LogP) is 2.30. The molecule has 188 valence electrons. The maximum absolute atomic E-state index is 13.4. The van der Waals surface area contributed by atoms with Gasteiger partial charge in [-0.25, -0.2) is 14.8 Å². The van der Waals surface area contributed by atoms with Crippen molar-refractivity contribution in [1.82, 2.24) is 20.7 Å². The van der Waals surface area contributed by atoms with E-state index in [1.807, 2.05) is 0 Å². The molecule has 2 saturated heterocycles. The first kappa shape index (κ1) is 23.8. The lowest BCUT2D eigenvalue weighted by molar-refractivity contribution is -0.143. The lowest BCUT2D eigenvalue weighted by Gasteiger charge is -2.29. The molecule has 3 aliphatic heterocycles. The monoisotopic (exact) mass is 523 g/mol. The van der Waals surface area contributed by atoms with Gasteiger partial charge in [0, 0.05) is 13.2 Å². The number of alkyl halides is 3. The van der Waals surface area contributed by atoms with Gasteiger partial charge in [0.1, 0.15) is 11.6 Å². The van der Waals surface area contributed by atoms with Crippen LogP contribution in [-0.4, -0.2) is 52.4 Å². The van der Waals surface area contributed by atoms with Crippen LogP contribution in [0.2, 0.25) is 5.02 Å². The van der Waals surface area contributed by atoms with Crippen LogP contribution in [0.3, 0.4) is 0 Å². The molecule has 2 aromatic rings. The fourth-order valence-electron chi connectivity index (χ4n) is 4.24. The molecule has 2 N–H and O–H groups in total. The fourth-order valence-corrected chi connectivity index (χ4v) is 4.53. The second-order valence-corrected chi connectivity index (χ2v) is 8.76. The molecule has 3 aliphatic rings. The second kappa shape index (κ2) is 8.06. The smallest absolute Gasteiger partial charge is 0.381 e. The summed E-state index contributed by atoms with van der Waals surface area (Å²) in [6.07, 6.45) is -5.47. The largest absolute Gasteiger partial charge is 0.417 e. The topological polar surface area (TPSA) is 119 Å². The Morgan fingerprint density at radius 1 is 1.17 bits per heavy atom. The summed E-state index contributed by atoms with van der Waals surface area (Å²) in [5.41, 5.74) is 1.04. The van der Waals surface area contributed by atoms with Crippen molar-refractivity contribution in [1.29, 1.82) is 0 Å². The zero-order valence-corrected chi connectivity index (χ0v) is 19.3. The van der Waals surface area contributed by atoms with Crippen LogP contribution >= 0.6 is 11.6 Å². The molecular weight excluding hydrogens is 507 g/mol. The molecule has 1 aromatic carbocycles. The number of nitrogens with one attached hydrogen (secondary N) is 2. The standard InChI is InChI=1S/C21H17ClF3N7O4/c1-20(27-19(35)31(29-20)11-6-4-3-5-7-11)15-13-14(36-28-15)18(34)32(17(13)33)30(2)16-12(22)8-10(9-26-16)21(23,24)25/h3-9,13-14,29H,1-2H3,(H,27,35)/t13-,14-,20-/m1/s1. The number of rotatable bonds is 4. The number of imide groups is 1. The molecular formula is C21H17ClF3N7O4. The molecule has 0 bridgehead atoms. The van der Waals surface area contributed by atoms with E-state index in [0.717, 1.165) is 5.01 Å². The molecule has 0 aliphatic carbocycles. The van der Waals surface area contributed by atoms with Gasteiger partial charge in [-0.2, -0.15) is 23.6 Å². The van der Waals surface area contributed by atoms with Crippen LogP contribution in [0, 0.1) is 5.92 Å². The van der Waals surface area contributed by atoms with Crippen LogP contribution in [0.4, 0.5) is 29.5 Å². The van der Waals surface area contributed by atoms with Gasteiger partial charge in [-0.3, -0.25) is 14.6 Å². The van der Waals surface area contributed by atoms with Gasteiger partial charge in [-0.05, 0) is 25.1 Å². The first-order valence-electron chi connectivity index (χ1n) is 10.5. The number of carbonyl (C=O) groups is 3. The van der Waals surface area contributed by atoms with Gasteiger partial charge in [0.05, 0.1) is 16.3 Å². The Morgan fingerprint density at radius 3 is 2.50 bits per heavy atom. The number of pyridine rings is 1. The van der Waals surface area contributed by atoms with Crippen LogP contribution in [0.1, 0.15) is 12.5 Å².